The molecule has 2 aromatic heterocycles. The lowest BCUT2D eigenvalue weighted by Crippen LogP contribution is -2.52. The Balaban J connectivity index is 1.61. The smallest absolute Gasteiger partial charge is 0.297 e. The lowest BCUT2D eigenvalue weighted by molar-refractivity contribution is -0.178. The van der Waals surface area contributed by atoms with E-state index in [-0.39, 0.29) is 11.6 Å². The van der Waals surface area contributed by atoms with Crippen molar-refractivity contribution in [1.82, 2.24) is 15.5 Å². The van der Waals surface area contributed by atoms with Crippen molar-refractivity contribution in [3.8, 4) is 0 Å². The van der Waals surface area contributed by atoms with E-state index in [4.69, 9.17) is 4.74 Å². The summed E-state index contributed by atoms with van der Waals surface area (Å²) < 4.78 is 33.9. The van der Waals surface area contributed by atoms with Gasteiger partial charge in [-0.3, -0.25) is 5.10 Å². The van der Waals surface area contributed by atoms with Crippen molar-refractivity contribution in [2.75, 3.05) is 13.2 Å². The van der Waals surface area contributed by atoms with E-state index in [1.807, 2.05) is 13.1 Å². The summed E-state index contributed by atoms with van der Waals surface area (Å²) in [5.74, 6) is -2.87. The van der Waals surface area contributed by atoms with Crippen LogP contribution in [0.25, 0.3) is 0 Å². The lowest BCUT2D eigenvalue weighted by atomic mass is 9.80. The summed E-state index contributed by atoms with van der Waals surface area (Å²) in [6.07, 6.45) is 4.11. The van der Waals surface area contributed by atoms with Gasteiger partial charge in [-0.05, 0) is 49.7 Å². The van der Waals surface area contributed by atoms with E-state index in [2.05, 4.69) is 15.5 Å². The monoisotopic (exact) mass is 339 g/mol. The molecule has 0 aromatic carbocycles. The summed E-state index contributed by atoms with van der Waals surface area (Å²) in [5, 5.41) is 12.3. The molecule has 4 nitrogen and oxygen atoms in total. The molecule has 23 heavy (non-hydrogen) atoms. The molecule has 1 fully saturated rings. The third kappa shape index (κ3) is 2.51. The van der Waals surface area contributed by atoms with Gasteiger partial charge < -0.3 is 10.1 Å². The van der Waals surface area contributed by atoms with Crippen LogP contribution in [0, 0.1) is 6.92 Å². The Labute approximate surface area is 137 Å². The molecule has 1 spiro atoms. The SMILES string of the molecule is Cc1[nH]ncc1CC1CC2(CCN1)OCC(F)(F)c1ccsc12. The van der Waals surface area contributed by atoms with Crippen molar-refractivity contribution in [1.29, 1.82) is 0 Å². The minimum absolute atomic E-state index is 0.161. The van der Waals surface area contributed by atoms with Crippen molar-refractivity contribution >= 4 is 11.3 Å². The zero-order valence-corrected chi connectivity index (χ0v) is 13.7. The van der Waals surface area contributed by atoms with Gasteiger partial charge in [0.1, 0.15) is 12.2 Å². The molecule has 0 aliphatic carbocycles. The van der Waals surface area contributed by atoms with Crippen LogP contribution in [0.3, 0.4) is 0 Å². The molecule has 0 amide bonds. The van der Waals surface area contributed by atoms with Crippen LogP contribution in [0.2, 0.25) is 0 Å². The minimum atomic E-state index is -2.87. The van der Waals surface area contributed by atoms with Crippen LogP contribution >= 0.6 is 11.3 Å². The fourth-order valence-corrected chi connectivity index (χ4v) is 4.84. The van der Waals surface area contributed by atoms with E-state index in [1.165, 1.54) is 11.3 Å². The highest BCUT2D eigenvalue weighted by Crippen LogP contribution is 2.50. The van der Waals surface area contributed by atoms with Crippen LogP contribution in [0.5, 0.6) is 0 Å². The molecular formula is C16H19F2N3OS. The third-order valence-electron chi connectivity index (χ3n) is 4.94. The average molecular weight is 339 g/mol. The number of ether oxygens (including phenoxy) is 1. The van der Waals surface area contributed by atoms with Gasteiger partial charge >= 0.3 is 0 Å². The van der Waals surface area contributed by atoms with Crippen LogP contribution < -0.4 is 5.32 Å². The fraction of sp³-hybridized carbons (Fsp3) is 0.562. The van der Waals surface area contributed by atoms with Crippen molar-refractivity contribution in [2.45, 2.75) is 43.8 Å². The number of halogens is 2. The van der Waals surface area contributed by atoms with E-state index in [0.29, 0.717) is 11.3 Å². The normalized spacial score (nSPS) is 29.6. The number of thiophene rings is 1. The van der Waals surface area contributed by atoms with Gasteiger partial charge in [0, 0.05) is 22.2 Å². The molecule has 0 saturated carbocycles. The molecule has 2 aromatic rings. The summed E-state index contributed by atoms with van der Waals surface area (Å²) in [6, 6.07) is 1.75. The molecule has 1 saturated heterocycles. The Morgan fingerprint density at radius 2 is 2.35 bits per heavy atom. The predicted octanol–water partition coefficient (Wildman–Crippen LogP) is 3.09. The molecule has 124 valence electrons. The van der Waals surface area contributed by atoms with Gasteiger partial charge in [0.15, 0.2) is 0 Å². The van der Waals surface area contributed by atoms with Crippen LogP contribution in [-0.4, -0.2) is 29.4 Å². The van der Waals surface area contributed by atoms with Crippen LogP contribution in [0.4, 0.5) is 8.78 Å². The number of rotatable bonds is 2. The Hall–Kier alpha value is -1.31. The summed E-state index contributed by atoms with van der Waals surface area (Å²) in [4.78, 5) is 0.712. The molecule has 0 radical (unpaired) electrons. The Kier molecular flexibility index (Phi) is 3.55. The van der Waals surface area contributed by atoms with Crippen molar-refractivity contribution in [3.05, 3.63) is 39.3 Å². The predicted molar refractivity (Wildman–Crippen MR) is 83.9 cm³/mol. The molecule has 7 heteroatoms. The number of H-pyrrole nitrogens is 1. The topological polar surface area (TPSA) is 49.9 Å². The second kappa shape index (κ2) is 5.36. The van der Waals surface area contributed by atoms with E-state index in [9.17, 15) is 8.78 Å². The van der Waals surface area contributed by atoms with Gasteiger partial charge in [-0.15, -0.1) is 11.3 Å². The second-order valence-electron chi connectivity index (χ2n) is 6.48. The number of nitrogens with one attached hydrogen (secondary N) is 2. The largest absolute Gasteiger partial charge is 0.363 e. The number of piperidine rings is 1. The highest BCUT2D eigenvalue weighted by atomic mass is 32.1. The summed E-state index contributed by atoms with van der Waals surface area (Å²) >= 11 is 1.39. The van der Waals surface area contributed by atoms with E-state index >= 15 is 0 Å². The number of aryl methyl sites for hydroxylation is 1. The number of hydrogen-bond donors (Lipinski definition) is 2. The Bertz CT molecular complexity index is 714. The van der Waals surface area contributed by atoms with Crippen LogP contribution in [0.15, 0.2) is 17.6 Å². The number of aromatic nitrogens is 2. The first kappa shape index (κ1) is 15.2. The summed E-state index contributed by atoms with van der Waals surface area (Å²) in [6.45, 7) is 2.24. The average Bonchev–Trinajstić information content (AvgIpc) is 3.16. The van der Waals surface area contributed by atoms with Crippen LogP contribution in [0.1, 0.15) is 34.5 Å². The first-order valence-electron chi connectivity index (χ1n) is 7.83. The Morgan fingerprint density at radius 3 is 3.13 bits per heavy atom. The molecule has 2 N–H and O–H groups in total. The lowest BCUT2D eigenvalue weighted by Gasteiger charge is -2.45. The maximum absolute atomic E-state index is 14.1. The minimum Gasteiger partial charge on any atom is -0.363 e. The van der Waals surface area contributed by atoms with Gasteiger partial charge in [0.25, 0.3) is 5.92 Å². The second-order valence-corrected chi connectivity index (χ2v) is 7.40. The maximum Gasteiger partial charge on any atom is 0.297 e. The first-order chi connectivity index (χ1) is 11.0. The zero-order valence-electron chi connectivity index (χ0n) is 12.9. The maximum atomic E-state index is 14.1. The third-order valence-corrected chi connectivity index (χ3v) is 6.04. The molecule has 2 aliphatic heterocycles. The summed E-state index contributed by atoms with van der Waals surface area (Å²) in [5.41, 5.74) is 1.80. The fourth-order valence-electron chi connectivity index (χ4n) is 3.70. The summed E-state index contributed by atoms with van der Waals surface area (Å²) in [7, 11) is 0. The van der Waals surface area contributed by atoms with Crippen molar-refractivity contribution < 1.29 is 13.5 Å². The van der Waals surface area contributed by atoms with Gasteiger partial charge in [-0.1, -0.05) is 0 Å². The number of fused-ring (bicyclic) bond motifs is 2. The van der Waals surface area contributed by atoms with Gasteiger partial charge in [-0.2, -0.15) is 13.9 Å². The highest BCUT2D eigenvalue weighted by Gasteiger charge is 2.51. The van der Waals surface area contributed by atoms with E-state index in [0.717, 1.165) is 30.6 Å². The molecule has 4 rings (SSSR count). The number of alkyl halides is 2. The van der Waals surface area contributed by atoms with Gasteiger partial charge in [-0.25, -0.2) is 0 Å². The van der Waals surface area contributed by atoms with Crippen molar-refractivity contribution in [3.63, 3.8) is 0 Å². The number of aromatic amines is 1. The molecule has 4 heterocycles. The molecule has 2 aliphatic rings. The first-order valence-corrected chi connectivity index (χ1v) is 8.71. The van der Waals surface area contributed by atoms with Gasteiger partial charge in [0.05, 0.1) is 6.20 Å². The van der Waals surface area contributed by atoms with E-state index < -0.39 is 18.1 Å². The molecule has 2 unspecified atom stereocenters. The Morgan fingerprint density at radius 1 is 1.48 bits per heavy atom. The number of nitrogens with zero attached hydrogens (tertiary/aromatic N) is 1. The van der Waals surface area contributed by atoms with Crippen molar-refractivity contribution in [2.24, 2.45) is 0 Å². The van der Waals surface area contributed by atoms with Crippen LogP contribution in [-0.2, 0) is 22.7 Å². The molecule has 2 atom stereocenters. The zero-order chi connectivity index (χ0) is 16.1. The van der Waals surface area contributed by atoms with E-state index in [1.54, 1.807) is 11.4 Å². The standard InChI is InChI=1S/C16H19F2N3OS/c1-10-11(8-20-21-10)6-12-7-15(3-4-19-12)14-13(2-5-23-14)16(17,18)9-22-15/h2,5,8,12,19H,3-4,6-7,9H2,1H3,(H,20,21). The van der Waals surface area contributed by atoms with Gasteiger partial charge in [0.2, 0.25) is 0 Å². The quantitative estimate of drug-likeness (QED) is 0.884. The highest BCUT2D eigenvalue weighted by molar-refractivity contribution is 7.10. The molecular weight excluding hydrogens is 320 g/mol. The molecule has 0 bridgehead atoms. The number of hydrogen-bond acceptors (Lipinski definition) is 4.